The van der Waals surface area contributed by atoms with Crippen molar-refractivity contribution in [2.24, 2.45) is 0 Å². The number of hydrogen-bond donors (Lipinski definition) is 0. The van der Waals surface area contributed by atoms with E-state index in [1.807, 2.05) is 0 Å². The van der Waals surface area contributed by atoms with Gasteiger partial charge in [0, 0.05) is 12.7 Å². The summed E-state index contributed by atoms with van der Waals surface area (Å²) in [4.78, 5) is 12.4. The molecular weight excluding hydrogens is 219 g/mol. The van der Waals surface area contributed by atoms with E-state index in [1.54, 1.807) is 7.11 Å². The van der Waals surface area contributed by atoms with Gasteiger partial charge in [-0.25, -0.2) is 4.39 Å². The van der Waals surface area contributed by atoms with Crippen LogP contribution in [-0.4, -0.2) is 18.5 Å². The van der Waals surface area contributed by atoms with Crippen molar-refractivity contribution in [3.05, 3.63) is 35.6 Å². The summed E-state index contributed by atoms with van der Waals surface area (Å²) in [6.45, 7) is 0. The SMILES string of the molecule is COC1(C(=O)c2ccc(F)cc2)CCCCC1. The van der Waals surface area contributed by atoms with E-state index in [4.69, 9.17) is 4.74 Å². The van der Waals surface area contributed by atoms with Gasteiger partial charge in [0.2, 0.25) is 0 Å². The molecule has 0 amide bonds. The van der Waals surface area contributed by atoms with Gasteiger partial charge >= 0.3 is 0 Å². The van der Waals surface area contributed by atoms with Crippen molar-refractivity contribution in [1.29, 1.82) is 0 Å². The molecule has 1 aromatic carbocycles. The maximum Gasteiger partial charge on any atom is 0.194 e. The first-order valence-electron chi connectivity index (χ1n) is 6.03. The van der Waals surface area contributed by atoms with E-state index in [1.165, 1.54) is 24.3 Å². The minimum absolute atomic E-state index is 0.0142. The fourth-order valence-electron chi connectivity index (χ4n) is 2.51. The lowest BCUT2D eigenvalue weighted by atomic mass is 9.79. The number of benzene rings is 1. The van der Waals surface area contributed by atoms with Crippen LogP contribution < -0.4 is 0 Å². The average molecular weight is 236 g/mol. The number of ether oxygens (including phenoxy) is 1. The van der Waals surface area contributed by atoms with Gasteiger partial charge in [-0.3, -0.25) is 4.79 Å². The predicted octanol–water partition coefficient (Wildman–Crippen LogP) is 3.36. The Morgan fingerprint density at radius 1 is 1.18 bits per heavy atom. The van der Waals surface area contributed by atoms with Crippen LogP contribution in [0.3, 0.4) is 0 Å². The number of Topliss-reactive ketones (excluding diaryl/α,β-unsaturated/α-hetero) is 1. The molecule has 0 unspecified atom stereocenters. The Bertz CT molecular complexity index is 391. The van der Waals surface area contributed by atoms with Gasteiger partial charge in [-0.1, -0.05) is 19.3 Å². The third-order valence-electron chi connectivity index (χ3n) is 3.57. The van der Waals surface area contributed by atoms with Gasteiger partial charge in [0.1, 0.15) is 11.4 Å². The van der Waals surface area contributed by atoms with E-state index in [0.29, 0.717) is 5.56 Å². The topological polar surface area (TPSA) is 26.3 Å². The molecule has 0 aliphatic heterocycles. The highest BCUT2D eigenvalue weighted by molar-refractivity contribution is 6.02. The van der Waals surface area contributed by atoms with Gasteiger partial charge < -0.3 is 4.74 Å². The van der Waals surface area contributed by atoms with E-state index < -0.39 is 5.60 Å². The molecule has 17 heavy (non-hydrogen) atoms. The van der Waals surface area contributed by atoms with Gasteiger partial charge in [-0.15, -0.1) is 0 Å². The van der Waals surface area contributed by atoms with Crippen molar-refractivity contribution >= 4 is 5.78 Å². The molecule has 0 bridgehead atoms. The summed E-state index contributed by atoms with van der Waals surface area (Å²) in [7, 11) is 1.59. The lowest BCUT2D eigenvalue weighted by Crippen LogP contribution is -2.42. The molecule has 0 N–H and O–H groups in total. The Hall–Kier alpha value is -1.22. The Labute approximate surface area is 101 Å². The summed E-state index contributed by atoms with van der Waals surface area (Å²) < 4.78 is 18.3. The average Bonchev–Trinajstić information content (AvgIpc) is 2.39. The fourth-order valence-corrected chi connectivity index (χ4v) is 2.51. The summed E-state index contributed by atoms with van der Waals surface area (Å²) in [6.07, 6.45) is 4.71. The number of ketones is 1. The predicted molar refractivity (Wildman–Crippen MR) is 63.6 cm³/mol. The molecular formula is C14H17FO2. The van der Waals surface area contributed by atoms with Crippen LogP contribution in [0.1, 0.15) is 42.5 Å². The molecule has 1 aromatic rings. The normalized spacial score (nSPS) is 18.9. The van der Waals surface area contributed by atoms with Crippen molar-refractivity contribution in [2.45, 2.75) is 37.7 Å². The standard InChI is InChI=1S/C14H17FO2/c1-17-14(9-3-2-4-10-14)13(16)11-5-7-12(15)8-6-11/h5-8H,2-4,9-10H2,1H3. The largest absolute Gasteiger partial charge is 0.370 e. The molecule has 2 rings (SSSR count). The molecule has 3 heteroatoms. The Kier molecular flexibility index (Phi) is 3.57. The number of carbonyl (C=O) groups is 1. The van der Waals surface area contributed by atoms with Crippen molar-refractivity contribution in [3.8, 4) is 0 Å². The zero-order valence-corrected chi connectivity index (χ0v) is 10.0. The van der Waals surface area contributed by atoms with Crippen LogP contribution >= 0.6 is 0 Å². The molecule has 0 saturated heterocycles. The molecule has 1 fully saturated rings. The zero-order valence-electron chi connectivity index (χ0n) is 10.0. The smallest absolute Gasteiger partial charge is 0.194 e. The second-order valence-corrected chi connectivity index (χ2v) is 4.60. The second kappa shape index (κ2) is 4.96. The number of hydrogen-bond acceptors (Lipinski definition) is 2. The van der Waals surface area contributed by atoms with E-state index >= 15 is 0 Å². The van der Waals surface area contributed by atoms with Gasteiger partial charge in [-0.05, 0) is 37.1 Å². The summed E-state index contributed by atoms with van der Waals surface area (Å²) in [6, 6.07) is 5.71. The maximum absolute atomic E-state index is 12.8. The van der Waals surface area contributed by atoms with Crippen LogP contribution in [0.25, 0.3) is 0 Å². The molecule has 1 aliphatic carbocycles. The summed E-state index contributed by atoms with van der Waals surface area (Å²) in [5.74, 6) is -0.337. The van der Waals surface area contributed by atoms with Gasteiger partial charge in [0.15, 0.2) is 5.78 Å². The highest BCUT2D eigenvalue weighted by atomic mass is 19.1. The van der Waals surface area contributed by atoms with E-state index in [2.05, 4.69) is 0 Å². The van der Waals surface area contributed by atoms with Crippen LogP contribution in [0, 0.1) is 5.82 Å². The zero-order chi connectivity index (χ0) is 12.3. The van der Waals surface area contributed by atoms with Crippen molar-refractivity contribution in [1.82, 2.24) is 0 Å². The van der Waals surface area contributed by atoms with E-state index in [0.717, 1.165) is 32.1 Å². The first kappa shape index (κ1) is 12.2. The molecule has 0 radical (unpaired) electrons. The molecule has 0 aromatic heterocycles. The molecule has 0 heterocycles. The number of methoxy groups -OCH3 is 1. The van der Waals surface area contributed by atoms with Crippen LogP contribution in [0.4, 0.5) is 4.39 Å². The molecule has 92 valence electrons. The highest BCUT2D eigenvalue weighted by Crippen LogP contribution is 2.34. The summed E-state index contributed by atoms with van der Waals surface area (Å²) in [5, 5.41) is 0. The van der Waals surface area contributed by atoms with Crippen LogP contribution in [0.15, 0.2) is 24.3 Å². The minimum Gasteiger partial charge on any atom is -0.370 e. The molecule has 2 nitrogen and oxygen atoms in total. The van der Waals surface area contributed by atoms with Crippen molar-refractivity contribution in [2.75, 3.05) is 7.11 Å². The fraction of sp³-hybridized carbons (Fsp3) is 0.500. The second-order valence-electron chi connectivity index (χ2n) is 4.60. The maximum atomic E-state index is 12.8. The van der Waals surface area contributed by atoms with Crippen LogP contribution in [0.2, 0.25) is 0 Å². The first-order chi connectivity index (χ1) is 8.18. The van der Waals surface area contributed by atoms with Gasteiger partial charge in [-0.2, -0.15) is 0 Å². The van der Waals surface area contributed by atoms with Gasteiger partial charge in [0.05, 0.1) is 0 Å². The van der Waals surface area contributed by atoms with Crippen molar-refractivity contribution < 1.29 is 13.9 Å². The third kappa shape index (κ3) is 2.39. The first-order valence-corrected chi connectivity index (χ1v) is 6.03. The Morgan fingerprint density at radius 3 is 2.29 bits per heavy atom. The highest BCUT2D eigenvalue weighted by Gasteiger charge is 2.39. The number of halogens is 1. The van der Waals surface area contributed by atoms with Crippen LogP contribution in [-0.2, 0) is 4.74 Å². The van der Waals surface area contributed by atoms with Crippen LogP contribution in [0.5, 0.6) is 0 Å². The number of carbonyl (C=O) groups excluding carboxylic acids is 1. The van der Waals surface area contributed by atoms with Crippen molar-refractivity contribution in [3.63, 3.8) is 0 Å². The molecule has 1 aliphatic rings. The minimum atomic E-state index is -0.684. The Morgan fingerprint density at radius 2 is 1.76 bits per heavy atom. The molecule has 1 saturated carbocycles. The van der Waals surface area contributed by atoms with E-state index in [-0.39, 0.29) is 11.6 Å². The van der Waals surface area contributed by atoms with Gasteiger partial charge in [0.25, 0.3) is 0 Å². The lowest BCUT2D eigenvalue weighted by molar-refractivity contribution is -0.0194. The van der Waals surface area contributed by atoms with E-state index in [9.17, 15) is 9.18 Å². The quantitative estimate of drug-likeness (QED) is 0.752. The number of rotatable bonds is 3. The third-order valence-corrected chi connectivity index (χ3v) is 3.57. The monoisotopic (exact) mass is 236 g/mol. The molecule has 0 atom stereocenters. The lowest BCUT2D eigenvalue weighted by Gasteiger charge is -2.34. The summed E-state index contributed by atoms with van der Waals surface area (Å²) in [5.41, 5.74) is -0.147. The Balaban J connectivity index is 2.25. The summed E-state index contributed by atoms with van der Waals surface area (Å²) >= 11 is 0. The molecule has 0 spiro atoms.